The fraction of sp³-hybridized carbons (Fsp3) is 0.556. The molecule has 0 saturated carbocycles. The van der Waals surface area contributed by atoms with Crippen molar-refractivity contribution in [2.75, 3.05) is 31.5 Å². The van der Waals surface area contributed by atoms with Crippen molar-refractivity contribution in [2.24, 2.45) is 5.92 Å². The van der Waals surface area contributed by atoms with Gasteiger partial charge in [0.2, 0.25) is 5.91 Å². The molecule has 2 saturated heterocycles. The summed E-state index contributed by atoms with van der Waals surface area (Å²) in [5.41, 5.74) is 0.475. The van der Waals surface area contributed by atoms with Crippen LogP contribution in [0.1, 0.15) is 32.1 Å². The molecule has 2 aliphatic heterocycles. The van der Waals surface area contributed by atoms with Gasteiger partial charge in [-0.1, -0.05) is 11.6 Å². The van der Waals surface area contributed by atoms with Gasteiger partial charge in [-0.3, -0.25) is 4.79 Å². The monoisotopic (exact) mass is 367 g/mol. The molecule has 0 aromatic heterocycles. The lowest BCUT2D eigenvalue weighted by Gasteiger charge is -2.32. The lowest BCUT2D eigenvalue weighted by molar-refractivity contribution is -0.131. The lowest BCUT2D eigenvalue weighted by Crippen LogP contribution is -2.42. The Labute approximate surface area is 152 Å². The second-order valence-electron chi connectivity index (χ2n) is 6.78. The number of halogens is 2. The van der Waals surface area contributed by atoms with Crippen molar-refractivity contribution in [2.45, 2.75) is 32.1 Å². The van der Waals surface area contributed by atoms with Crippen molar-refractivity contribution in [1.82, 2.24) is 9.80 Å². The smallest absolute Gasteiger partial charge is 0.321 e. The maximum absolute atomic E-state index is 13.2. The van der Waals surface area contributed by atoms with Gasteiger partial charge in [0.25, 0.3) is 0 Å². The van der Waals surface area contributed by atoms with Crippen LogP contribution in [0.5, 0.6) is 0 Å². The van der Waals surface area contributed by atoms with Gasteiger partial charge in [0.1, 0.15) is 5.82 Å². The highest BCUT2D eigenvalue weighted by Crippen LogP contribution is 2.24. The van der Waals surface area contributed by atoms with E-state index in [1.807, 2.05) is 4.90 Å². The molecule has 2 fully saturated rings. The Morgan fingerprint density at radius 2 is 1.80 bits per heavy atom. The summed E-state index contributed by atoms with van der Waals surface area (Å²) in [5, 5.41) is 2.72. The Morgan fingerprint density at radius 1 is 1.12 bits per heavy atom. The van der Waals surface area contributed by atoms with E-state index in [1.165, 1.54) is 18.2 Å². The quantitative estimate of drug-likeness (QED) is 0.884. The van der Waals surface area contributed by atoms with Crippen LogP contribution in [-0.2, 0) is 4.79 Å². The molecule has 1 N–H and O–H groups in total. The summed E-state index contributed by atoms with van der Waals surface area (Å²) in [6.45, 7) is 3.03. The number of anilines is 1. The Balaban J connectivity index is 1.45. The number of carbonyl (C=O) groups is 2. The lowest BCUT2D eigenvalue weighted by atomic mass is 9.93. The number of piperidine rings is 1. The van der Waals surface area contributed by atoms with E-state index in [0.29, 0.717) is 31.1 Å². The van der Waals surface area contributed by atoms with Crippen LogP contribution in [0, 0.1) is 11.7 Å². The van der Waals surface area contributed by atoms with Gasteiger partial charge >= 0.3 is 6.03 Å². The normalized spacial score (nSPS) is 18.5. The number of likely N-dealkylation sites (tertiary alicyclic amines) is 2. The van der Waals surface area contributed by atoms with Crippen LogP contribution in [0.4, 0.5) is 14.9 Å². The van der Waals surface area contributed by atoms with Crippen LogP contribution < -0.4 is 5.32 Å². The van der Waals surface area contributed by atoms with Gasteiger partial charge in [-0.05, 0) is 49.8 Å². The summed E-state index contributed by atoms with van der Waals surface area (Å²) in [7, 11) is 0. The summed E-state index contributed by atoms with van der Waals surface area (Å²) in [6, 6.07) is 3.90. The highest BCUT2D eigenvalue weighted by molar-refractivity contribution is 6.31. The molecule has 0 unspecified atom stereocenters. The summed E-state index contributed by atoms with van der Waals surface area (Å²) >= 11 is 5.73. The van der Waals surface area contributed by atoms with E-state index in [4.69, 9.17) is 11.6 Å². The number of carbonyl (C=O) groups excluding carboxylic acids is 2. The van der Waals surface area contributed by atoms with Crippen molar-refractivity contribution >= 4 is 29.2 Å². The molecule has 0 spiro atoms. The summed E-state index contributed by atoms with van der Waals surface area (Å²) < 4.78 is 13.2. The number of rotatable bonds is 3. The van der Waals surface area contributed by atoms with Crippen LogP contribution in [0.25, 0.3) is 0 Å². The average molecular weight is 368 g/mol. The predicted molar refractivity (Wildman–Crippen MR) is 95.2 cm³/mol. The molecule has 1 aromatic carbocycles. The van der Waals surface area contributed by atoms with E-state index >= 15 is 0 Å². The number of nitrogens with one attached hydrogen (secondary N) is 1. The average Bonchev–Trinajstić information content (AvgIpc) is 3.13. The minimum atomic E-state index is -0.511. The molecule has 1 aromatic rings. The third-order valence-electron chi connectivity index (χ3n) is 4.99. The van der Waals surface area contributed by atoms with Crippen molar-refractivity contribution < 1.29 is 14.0 Å². The minimum absolute atomic E-state index is 0.0167. The largest absolute Gasteiger partial charge is 0.343 e. The first-order valence-corrected chi connectivity index (χ1v) is 9.19. The van der Waals surface area contributed by atoms with Crippen LogP contribution in [0.2, 0.25) is 5.02 Å². The highest BCUT2D eigenvalue weighted by Gasteiger charge is 2.27. The van der Waals surface area contributed by atoms with Gasteiger partial charge in [-0.2, -0.15) is 0 Å². The van der Waals surface area contributed by atoms with E-state index in [9.17, 15) is 14.0 Å². The molecule has 136 valence electrons. The topological polar surface area (TPSA) is 52.7 Å². The molecule has 2 aliphatic rings. The van der Waals surface area contributed by atoms with Gasteiger partial charge in [0.05, 0.1) is 5.02 Å². The van der Waals surface area contributed by atoms with E-state index in [1.54, 1.807) is 4.90 Å². The van der Waals surface area contributed by atoms with Gasteiger partial charge in [0.15, 0.2) is 0 Å². The first kappa shape index (κ1) is 18.0. The fourth-order valence-corrected chi connectivity index (χ4v) is 3.64. The molecule has 3 rings (SSSR count). The molecule has 0 bridgehead atoms. The highest BCUT2D eigenvalue weighted by atomic mass is 35.5. The molecular weight excluding hydrogens is 345 g/mol. The van der Waals surface area contributed by atoms with E-state index < -0.39 is 5.82 Å². The van der Waals surface area contributed by atoms with Crippen molar-refractivity contribution in [3.8, 4) is 0 Å². The number of urea groups is 1. The Bertz CT molecular complexity index is 641. The Kier molecular flexibility index (Phi) is 5.78. The first-order chi connectivity index (χ1) is 12.0. The summed E-state index contributed by atoms with van der Waals surface area (Å²) in [5.74, 6) is 0.0851. The van der Waals surface area contributed by atoms with Gasteiger partial charge in [-0.25, -0.2) is 9.18 Å². The molecular formula is C18H23ClFN3O2. The number of amides is 3. The van der Waals surface area contributed by atoms with E-state index in [-0.39, 0.29) is 17.0 Å². The number of nitrogens with zero attached hydrogens (tertiary/aromatic N) is 2. The fourth-order valence-electron chi connectivity index (χ4n) is 3.46. The number of benzene rings is 1. The second kappa shape index (κ2) is 8.04. The number of hydrogen-bond acceptors (Lipinski definition) is 2. The van der Waals surface area contributed by atoms with E-state index in [0.717, 1.165) is 38.8 Å². The van der Waals surface area contributed by atoms with Crippen molar-refractivity contribution in [3.05, 3.63) is 29.0 Å². The molecule has 3 amide bonds. The van der Waals surface area contributed by atoms with Crippen LogP contribution in [0.3, 0.4) is 0 Å². The van der Waals surface area contributed by atoms with Crippen LogP contribution in [0.15, 0.2) is 18.2 Å². The van der Waals surface area contributed by atoms with Gasteiger partial charge < -0.3 is 15.1 Å². The van der Waals surface area contributed by atoms with Gasteiger partial charge in [-0.15, -0.1) is 0 Å². The summed E-state index contributed by atoms with van der Waals surface area (Å²) in [4.78, 5) is 28.2. The molecule has 5 nitrogen and oxygen atoms in total. The van der Waals surface area contributed by atoms with Gasteiger partial charge in [0, 0.05) is 38.3 Å². The third-order valence-corrected chi connectivity index (χ3v) is 5.28. The third kappa shape index (κ3) is 4.63. The zero-order chi connectivity index (χ0) is 17.8. The minimum Gasteiger partial charge on any atom is -0.343 e. The van der Waals surface area contributed by atoms with Crippen LogP contribution in [-0.4, -0.2) is 47.9 Å². The maximum atomic E-state index is 13.2. The zero-order valence-electron chi connectivity index (χ0n) is 14.1. The predicted octanol–water partition coefficient (Wildman–Crippen LogP) is 3.74. The Hall–Kier alpha value is -1.82. The first-order valence-electron chi connectivity index (χ1n) is 8.81. The van der Waals surface area contributed by atoms with Crippen molar-refractivity contribution in [3.63, 3.8) is 0 Å². The second-order valence-corrected chi connectivity index (χ2v) is 7.19. The molecule has 7 heteroatoms. The SMILES string of the molecule is O=C(CC1CCN(C(=O)Nc2ccc(F)c(Cl)c2)CC1)N1CCCC1. The molecule has 2 heterocycles. The van der Waals surface area contributed by atoms with Crippen molar-refractivity contribution in [1.29, 1.82) is 0 Å². The van der Waals surface area contributed by atoms with E-state index in [2.05, 4.69) is 5.32 Å². The zero-order valence-corrected chi connectivity index (χ0v) is 14.9. The van der Waals surface area contributed by atoms with Crippen LogP contribution >= 0.6 is 11.6 Å². The molecule has 0 radical (unpaired) electrons. The molecule has 0 aliphatic carbocycles. The molecule has 0 atom stereocenters. The standard InChI is InChI=1S/C18H23ClFN3O2/c19-15-12-14(3-4-16(15)20)21-18(25)23-9-5-13(6-10-23)11-17(24)22-7-1-2-8-22/h3-4,12-13H,1-2,5-11H2,(H,21,25). The molecule has 25 heavy (non-hydrogen) atoms. The Morgan fingerprint density at radius 3 is 2.44 bits per heavy atom. The number of hydrogen-bond donors (Lipinski definition) is 1. The summed E-state index contributed by atoms with van der Waals surface area (Å²) in [6.07, 6.45) is 4.47. The maximum Gasteiger partial charge on any atom is 0.321 e.